The van der Waals surface area contributed by atoms with E-state index in [2.05, 4.69) is 4.74 Å². The number of Topliss-reactive ketones (excluding diaryl/α,β-unsaturated/α-hetero) is 1. The van der Waals surface area contributed by atoms with Gasteiger partial charge < -0.3 is 14.2 Å². The number of carbonyl (C=O) groups excluding carboxylic acids is 4. The number of amides is 2. The zero-order valence-corrected chi connectivity index (χ0v) is 19.4. The van der Waals surface area contributed by atoms with Gasteiger partial charge in [-0.15, -0.1) is 0 Å². The molecule has 0 spiro atoms. The normalized spacial score (nSPS) is 14.5. The van der Waals surface area contributed by atoms with E-state index >= 15 is 0 Å². The summed E-state index contributed by atoms with van der Waals surface area (Å²) in [7, 11) is 1.24. The highest BCUT2D eigenvalue weighted by Crippen LogP contribution is 2.39. The summed E-state index contributed by atoms with van der Waals surface area (Å²) in [4.78, 5) is 50.0. The van der Waals surface area contributed by atoms with Crippen molar-refractivity contribution in [1.29, 1.82) is 0 Å². The largest absolute Gasteiger partial charge is 0.490 e. The maximum atomic E-state index is 12.8. The van der Waals surface area contributed by atoms with E-state index in [-0.39, 0.29) is 40.4 Å². The lowest BCUT2D eigenvalue weighted by Gasteiger charge is -2.14. The molecule has 0 aromatic heterocycles. The summed E-state index contributed by atoms with van der Waals surface area (Å²) in [5.41, 5.74) is 0.893. The molecule has 2 aromatic rings. The molecule has 8 nitrogen and oxygen atoms in total. The number of ketones is 1. The van der Waals surface area contributed by atoms with E-state index in [1.807, 2.05) is 0 Å². The Kier molecular flexibility index (Phi) is 8.13. The van der Waals surface area contributed by atoms with Crippen LogP contribution in [0.1, 0.15) is 22.8 Å². The second kappa shape index (κ2) is 11.0. The van der Waals surface area contributed by atoms with Crippen LogP contribution in [0.4, 0.5) is 4.79 Å². The minimum atomic E-state index is -0.587. The fraction of sp³-hybridized carbons (Fsp3) is 0.217. The Morgan fingerprint density at radius 3 is 2.52 bits per heavy atom. The lowest BCUT2D eigenvalue weighted by atomic mass is 10.1. The molecule has 1 fully saturated rings. The SMILES string of the molecule is CCOc1cc(/C=C2\SC(=O)N(CC(=O)c3ccccc3)C2=O)cc(Cl)c1OCC(=O)OC. The van der Waals surface area contributed by atoms with Gasteiger partial charge >= 0.3 is 5.97 Å². The standard InChI is InChI=1S/C23H20ClNO7S/c1-3-31-18-10-14(9-16(24)21(18)32-13-20(27)30-2)11-19-22(28)25(23(29)33-19)12-17(26)15-7-5-4-6-8-15/h4-11H,3,12-13H2,1-2H3/b19-11-. The molecule has 3 rings (SSSR count). The third kappa shape index (κ3) is 5.94. The Morgan fingerprint density at radius 1 is 1.12 bits per heavy atom. The molecular formula is C23H20ClNO7S. The second-order valence-electron chi connectivity index (χ2n) is 6.68. The van der Waals surface area contributed by atoms with E-state index < -0.39 is 17.1 Å². The summed E-state index contributed by atoms with van der Waals surface area (Å²) in [5.74, 6) is -1.08. The molecule has 0 N–H and O–H groups in total. The maximum Gasteiger partial charge on any atom is 0.343 e. The highest BCUT2D eigenvalue weighted by atomic mass is 35.5. The fourth-order valence-corrected chi connectivity index (χ4v) is 4.02. The number of methoxy groups -OCH3 is 1. The fourth-order valence-electron chi connectivity index (χ4n) is 2.91. The van der Waals surface area contributed by atoms with Crippen LogP contribution in [-0.4, -0.2) is 54.7 Å². The Morgan fingerprint density at radius 2 is 1.85 bits per heavy atom. The highest BCUT2D eigenvalue weighted by molar-refractivity contribution is 8.18. The van der Waals surface area contributed by atoms with E-state index in [9.17, 15) is 19.2 Å². The molecule has 0 saturated carbocycles. The van der Waals surface area contributed by atoms with Gasteiger partial charge in [-0.2, -0.15) is 0 Å². The van der Waals surface area contributed by atoms with Crippen molar-refractivity contribution in [2.75, 3.05) is 26.9 Å². The minimum Gasteiger partial charge on any atom is -0.490 e. The number of hydrogen-bond donors (Lipinski definition) is 0. The van der Waals surface area contributed by atoms with Crippen LogP contribution in [0, 0.1) is 0 Å². The summed E-state index contributed by atoms with van der Waals surface area (Å²) in [6, 6.07) is 11.5. The van der Waals surface area contributed by atoms with Crippen molar-refractivity contribution < 1.29 is 33.4 Å². The molecule has 0 radical (unpaired) electrons. The summed E-state index contributed by atoms with van der Waals surface area (Å²) in [5, 5.41) is -0.390. The molecule has 1 aliphatic rings. The molecule has 172 valence electrons. The number of thioether (sulfide) groups is 1. The van der Waals surface area contributed by atoms with Gasteiger partial charge in [-0.1, -0.05) is 41.9 Å². The predicted octanol–water partition coefficient (Wildman–Crippen LogP) is 4.21. The molecule has 2 amide bonds. The second-order valence-corrected chi connectivity index (χ2v) is 8.09. The van der Waals surface area contributed by atoms with Crippen molar-refractivity contribution in [2.45, 2.75) is 6.92 Å². The highest BCUT2D eigenvalue weighted by Gasteiger charge is 2.36. The Labute approximate surface area is 199 Å². The first kappa shape index (κ1) is 24.3. The van der Waals surface area contributed by atoms with Crippen LogP contribution in [0.5, 0.6) is 11.5 Å². The number of imide groups is 1. The smallest absolute Gasteiger partial charge is 0.343 e. The van der Waals surface area contributed by atoms with Crippen molar-refractivity contribution >= 4 is 52.3 Å². The van der Waals surface area contributed by atoms with E-state index in [0.717, 1.165) is 16.7 Å². The number of halogens is 1. The number of nitrogens with zero attached hydrogens (tertiary/aromatic N) is 1. The topological polar surface area (TPSA) is 99.2 Å². The zero-order chi connectivity index (χ0) is 24.0. The number of benzene rings is 2. The summed E-state index contributed by atoms with van der Waals surface area (Å²) in [6.45, 7) is 1.35. The molecule has 2 aromatic carbocycles. The lowest BCUT2D eigenvalue weighted by molar-refractivity contribution is -0.142. The van der Waals surface area contributed by atoms with Gasteiger partial charge in [-0.25, -0.2) is 4.79 Å². The zero-order valence-electron chi connectivity index (χ0n) is 17.8. The Hall–Kier alpha value is -3.30. The summed E-state index contributed by atoms with van der Waals surface area (Å²) >= 11 is 7.04. The van der Waals surface area contributed by atoms with Gasteiger partial charge in [0.2, 0.25) is 0 Å². The maximum absolute atomic E-state index is 12.8. The molecule has 1 saturated heterocycles. The predicted molar refractivity (Wildman–Crippen MR) is 124 cm³/mol. The van der Waals surface area contributed by atoms with Crippen molar-refractivity contribution in [3.8, 4) is 11.5 Å². The van der Waals surface area contributed by atoms with Gasteiger partial charge in [0, 0.05) is 5.56 Å². The van der Waals surface area contributed by atoms with Gasteiger partial charge in [0.1, 0.15) is 0 Å². The number of ether oxygens (including phenoxy) is 3. The number of carbonyl (C=O) groups is 4. The summed E-state index contributed by atoms with van der Waals surface area (Å²) in [6.07, 6.45) is 1.48. The van der Waals surface area contributed by atoms with E-state index in [0.29, 0.717) is 17.7 Å². The third-order valence-electron chi connectivity index (χ3n) is 4.46. The van der Waals surface area contributed by atoms with Gasteiger partial charge in [0.05, 0.1) is 30.2 Å². The number of rotatable bonds is 9. The van der Waals surface area contributed by atoms with Crippen LogP contribution in [-0.2, 0) is 14.3 Å². The average Bonchev–Trinajstić information content (AvgIpc) is 3.06. The van der Waals surface area contributed by atoms with Gasteiger partial charge in [-0.05, 0) is 42.5 Å². The number of hydrogen-bond acceptors (Lipinski definition) is 8. The molecule has 1 heterocycles. The quantitative estimate of drug-likeness (QED) is 0.293. The molecular weight excluding hydrogens is 470 g/mol. The van der Waals surface area contributed by atoms with Gasteiger partial charge in [0.15, 0.2) is 23.9 Å². The first-order valence-electron chi connectivity index (χ1n) is 9.83. The van der Waals surface area contributed by atoms with E-state index in [1.165, 1.54) is 19.3 Å². The van der Waals surface area contributed by atoms with Crippen LogP contribution in [0.2, 0.25) is 5.02 Å². The third-order valence-corrected chi connectivity index (χ3v) is 5.65. The van der Waals surface area contributed by atoms with Crippen LogP contribution in [0.3, 0.4) is 0 Å². The van der Waals surface area contributed by atoms with Crippen LogP contribution < -0.4 is 9.47 Å². The van der Waals surface area contributed by atoms with Crippen molar-refractivity contribution in [1.82, 2.24) is 4.90 Å². The van der Waals surface area contributed by atoms with Crippen molar-refractivity contribution in [3.05, 3.63) is 63.5 Å². The molecule has 33 heavy (non-hydrogen) atoms. The molecule has 0 aliphatic carbocycles. The molecule has 0 bridgehead atoms. The first-order valence-corrected chi connectivity index (χ1v) is 11.0. The summed E-state index contributed by atoms with van der Waals surface area (Å²) < 4.78 is 15.5. The van der Waals surface area contributed by atoms with Crippen LogP contribution in [0.25, 0.3) is 6.08 Å². The van der Waals surface area contributed by atoms with Crippen molar-refractivity contribution in [2.24, 2.45) is 0 Å². The lowest BCUT2D eigenvalue weighted by Crippen LogP contribution is -2.33. The Bertz CT molecular complexity index is 1120. The van der Waals surface area contributed by atoms with Crippen LogP contribution >= 0.6 is 23.4 Å². The average molecular weight is 490 g/mol. The first-order chi connectivity index (χ1) is 15.8. The van der Waals surface area contributed by atoms with E-state index in [4.69, 9.17) is 21.1 Å². The molecule has 1 aliphatic heterocycles. The molecule has 0 atom stereocenters. The molecule has 10 heteroatoms. The van der Waals surface area contributed by atoms with Gasteiger partial charge in [-0.3, -0.25) is 19.3 Å². The van der Waals surface area contributed by atoms with Gasteiger partial charge in [0.25, 0.3) is 11.1 Å². The Balaban J connectivity index is 1.82. The minimum absolute atomic E-state index is 0.141. The molecule has 0 unspecified atom stereocenters. The number of esters is 1. The monoisotopic (exact) mass is 489 g/mol. The van der Waals surface area contributed by atoms with E-state index in [1.54, 1.807) is 43.3 Å². The van der Waals surface area contributed by atoms with Crippen molar-refractivity contribution in [3.63, 3.8) is 0 Å². The van der Waals surface area contributed by atoms with Crippen LogP contribution in [0.15, 0.2) is 47.4 Å².